The first-order chi connectivity index (χ1) is 20.0. The van der Waals surface area contributed by atoms with Crippen LogP contribution in [0.2, 0.25) is 0 Å². The Morgan fingerprint density at radius 2 is 1.42 bits per heavy atom. The average molecular weight is 665 g/mol. The average Bonchev–Trinajstić information content (AvgIpc) is 3.33. The van der Waals surface area contributed by atoms with Crippen molar-refractivity contribution in [2.75, 3.05) is 6.54 Å². The van der Waals surface area contributed by atoms with Gasteiger partial charge in [0.25, 0.3) is 0 Å². The minimum atomic E-state index is -5.08. The summed E-state index contributed by atoms with van der Waals surface area (Å²) in [7, 11) is 0. The van der Waals surface area contributed by atoms with Crippen molar-refractivity contribution < 1.29 is 47.4 Å². The number of allylic oxidation sites excluding steroid dienone is 2. The lowest BCUT2D eigenvalue weighted by Crippen LogP contribution is -2.50. The van der Waals surface area contributed by atoms with Crippen LogP contribution in [0.4, 0.5) is 13.2 Å². The van der Waals surface area contributed by atoms with Gasteiger partial charge in [0, 0.05) is 6.54 Å². The molecule has 0 radical (unpaired) electrons. The topological polar surface area (TPSA) is 155 Å². The first-order valence-electron chi connectivity index (χ1n) is 13.2. The van der Waals surface area contributed by atoms with Gasteiger partial charge in [-0.15, -0.1) is 0 Å². The lowest BCUT2D eigenvalue weighted by atomic mass is 9.63. The normalized spacial score (nSPS) is 28.5. The number of likely N-dealkylation sites (tertiary alicyclic amines) is 1. The third-order valence-electron chi connectivity index (χ3n) is 8.55. The van der Waals surface area contributed by atoms with Gasteiger partial charge in [-0.2, -0.15) is 13.2 Å². The van der Waals surface area contributed by atoms with E-state index in [-0.39, 0.29) is 25.2 Å². The number of carboxylic acids is 2. The zero-order chi connectivity index (χ0) is 32.1. The first kappa shape index (κ1) is 32.1. The van der Waals surface area contributed by atoms with Gasteiger partial charge in [-0.1, -0.05) is 76.6 Å². The standard InChI is InChI=1S/C28H27BrN2O5.C2HF3O2/c1-26-19(16-10-5-3-6-11-16)20(17-12-7-4-8-13-17)27(2,24(26)35)28(29)21(26)22(32)31(25(28)36)15-9-14-18(30)23(33)34;3-2(4,5)1(6)7/h3-8,10-13,18,21H,9,14-15,30H2,1-2H3,(H,33,34);(H,6,7)/t18-,21?,26?,27?,28?;/m0./s1. The molecule has 13 heteroatoms. The van der Waals surface area contributed by atoms with E-state index < -0.39 is 57.0 Å². The van der Waals surface area contributed by atoms with Crippen molar-refractivity contribution in [1.82, 2.24) is 4.90 Å². The SMILES string of the molecule is CC12C(=O)C(C)(C(c3ccccc3)=C1c1ccccc1)C1(Br)C(=O)N(CCC[C@H](N)C(=O)O)C(=O)C21.O=C(O)C(F)(F)F. The third kappa shape index (κ3) is 4.69. The van der Waals surface area contributed by atoms with Crippen LogP contribution < -0.4 is 5.73 Å². The maximum Gasteiger partial charge on any atom is 0.490 e. The monoisotopic (exact) mass is 664 g/mol. The predicted molar refractivity (Wildman–Crippen MR) is 151 cm³/mol. The van der Waals surface area contributed by atoms with Crippen LogP contribution in [0.1, 0.15) is 37.8 Å². The molecular weight excluding hydrogens is 637 g/mol. The van der Waals surface area contributed by atoms with Crippen molar-refractivity contribution in [1.29, 1.82) is 0 Å². The van der Waals surface area contributed by atoms with Crippen molar-refractivity contribution >= 4 is 56.6 Å². The van der Waals surface area contributed by atoms with E-state index in [4.69, 9.17) is 20.7 Å². The highest BCUT2D eigenvalue weighted by Crippen LogP contribution is 2.77. The van der Waals surface area contributed by atoms with Crippen LogP contribution in [0.15, 0.2) is 60.7 Å². The van der Waals surface area contributed by atoms with Gasteiger partial charge in [-0.3, -0.25) is 24.1 Å². The molecule has 5 atom stereocenters. The van der Waals surface area contributed by atoms with E-state index >= 15 is 0 Å². The number of nitrogens with two attached hydrogens (primary N) is 1. The molecule has 2 aliphatic carbocycles. The molecule has 2 fully saturated rings. The van der Waals surface area contributed by atoms with Crippen molar-refractivity contribution in [2.45, 2.75) is 43.2 Å². The number of ketones is 1. The molecule has 43 heavy (non-hydrogen) atoms. The molecular formula is C30H28BrF3N2O7. The Balaban J connectivity index is 0.000000541. The molecule has 9 nitrogen and oxygen atoms in total. The number of nitrogens with zero attached hydrogens (tertiary/aromatic N) is 1. The smallest absolute Gasteiger partial charge is 0.480 e. The van der Waals surface area contributed by atoms with Gasteiger partial charge in [0.2, 0.25) is 11.8 Å². The van der Waals surface area contributed by atoms with Crippen LogP contribution in [0.5, 0.6) is 0 Å². The summed E-state index contributed by atoms with van der Waals surface area (Å²) >= 11 is 3.70. The van der Waals surface area contributed by atoms with Crippen molar-refractivity contribution in [2.24, 2.45) is 22.5 Å². The molecule has 2 bridgehead atoms. The number of hydrogen-bond donors (Lipinski definition) is 3. The van der Waals surface area contributed by atoms with Crippen LogP contribution in [0.25, 0.3) is 11.1 Å². The largest absolute Gasteiger partial charge is 0.490 e. The summed E-state index contributed by atoms with van der Waals surface area (Å²) in [5.41, 5.74) is 6.30. The fraction of sp³-hybridized carbons (Fsp3) is 0.367. The lowest BCUT2D eigenvalue weighted by molar-refractivity contribution is -0.192. The number of imide groups is 1. The molecule has 2 aromatic rings. The van der Waals surface area contributed by atoms with Crippen molar-refractivity contribution in [3.8, 4) is 0 Å². The fourth-order valence-electron chi connectivity index (χ4n) is 6.66. The first-order valence-corrected chi connectivity index (χ1v) is 14.0. The number of fused-ring (bicyclic) bond motifs is 5. The minimum absolute atomic E-state index is 0.0458. The minimum Gasteiger partial charge on any atom is -0.480 e. The van der Waals surface area contributed by atoms with E-state index in [2.05, 4.69) is 15.9 Å². The van der Waals surface area contributed by atoms with Crippen LogP contribution in [-0.4, -0.2) is 67.7 Å². The van der Waals surface area contributed by atoms with E-state index in [0.717, 1.165) is 22.3 Å². The molecule has 2 amide bonds. The van der Waals surface area contributed by atoms with Gasteiger partial charge < -0.3 is 15.9 Å². The number of hydrogen-bond acceptors (Lipinski definition) is 6. The number of carbonyl (C=O) groups is 5. The van der Waals surface area contributed by atoms with Crippen LogP contribution in [0.3, 0.4) is 0 Å². The summed E-state index contributed by atoms with van der Waals surface area (Å²) in [6, 6.07) is 18.0. The third-order valence-corrected chi connectivity index (χ3v) is 10.1. The molecule has 4 unspecified atom stereocenters. The van der Waals surface area contributed by atoms with Crippen molar-refractivity contribution in [3.05, 3.63) is 71.8 Å². The fourth-order valence-corrected chi connectivity index (χ4v) is 7.91. The molecule has 0 spiro atoms. The Hall–Kier alpha value is -3.84. The van der Waals surface area contributed by atoms with E-state index in [9.17, 15) is 32.3 Å². The van der Waals surface area contributed by atoms with Gasteiger partial charge in [0.05, 0.1) is 16.7 Å². The number of amides is 2. The highest BCUT2D eigenvalue weighted by molar-refractivity contribution is 9.10. The highest BCUT2D eigenvalue weighted by atomic mass is 79.9. The summed E-state index contributed by atoms with van der Waals surface area (Å²) in [6.07, 6.45) is -4.70. The van der Waals surface area contributed by atoms with E-state index in [1.54, 1.807) is 13.8 Å². The predicted octanol–water partition coefficient (Wildman–Crippen LogP) is 4.15. The Bertz CT molecular complexity index is 1530. The maximum absolute atomic E-state index is 14.3. The molecule has 1 aliphatic heterocycles. The second-order valence-electron chi connectivity index (χ2n) is 11.0. The Labute approximate surface area is 252 Å². The number of alkyl halides is 4. The summed E-state index contributed by atoms with van der Waals surface area (Å²) < 4.78 is 30.3. The van der Waals surface area contributed by atoms with Gasteiger partial charge in [0.1, 0.15) is 10.4 Å². The Morgan fingerprint density at radius 1 is 0.953 bits per heavy atom. The summed E-state index contributed by atoms with van der Waals surface area (Å²) in [6.45, 7) is 3.61. The lowest BCUT2D eigenvalue weighted by Gasteiger charge is -2.41. The molecule has 2 aromatic carbocycles. The number of halogens is 4. The number of Topliss-reactive ketones (excluding diaryl/α,β-unsaturated/α-hetero) is 1. The Kier molecular flexibility index (Phi) is 8.22. The molecule has 3 aliphatic rings. The molecule has 1 heterocycles. The molecule has 1 saturated heterocycles. The van der Waals surface area contributed by atoms with Gasteiger partial charge >= 0.3 is 18.1 Å². The number of carboxylic acid groups (broad SMARTS) is 2. The number of rotatable bonds is 7. The molecule has 5 rings (SSSR count). The molecule has 0 aromatic heterocycles. The summed E-state index contributed by atoms with van der Waals surface area (Å²) in [4.78, 5) is 63.3. The van der Waals surface area contributed by atoms with Gasteiger partial charge in [-0.25, -0.2) is 4.79 Å². The van der Waals surface area contributed by atoms with E-state index in [0.29, 0.717) is 0 Å². The Morgan fingerprint density at radius 3 is 1.86 bits per heavy atom. The summed E-state index contributed by atoms with van der Waals surface area (Å²) in [5.74, 6) is -5.83. The van der Waals surface area contributed by atoms with Gasteiger partial charge in [-0.05, 0) is 49.0 Å². The molecule has 1 saturated carbocycles. The molecule has 4 N–H and O–H groups in total. The van der Waals surface area contributed by atoms with Gasteiger partial charge in [0.15, 0.2) is 5.78 Å². The number of aliphatic carboxylic acids is 2. The van der Waals surface area contributed by atoms with E-state index in [1.807, 2.05) is 60.7 Å². The quantitative estimate of drug-likeness (QED) is 0.295. The van der Waals surface area contributed by atoms with Crippen LogP contribution in [-0.2, 0) is 24.0 Å². The zero-order valence-corrected chi connectivity index (χ0v) is 24.6. The van der Waals surface area contributed by atoms with Crippen LogP contribution in [0, 0.1) is 16.7 Å². The summed E-state index contributed by atoms with van der Waals surface area (Å²) in [5, 5.41) is 16.2. The van der Waals surface area contributed by atoms with Crippen molar-refractivity contribution in [3.63, 3.8) is 0 Å². The maximum atomic E-state index is 14.3. The number of benzene rings is 2. The van der Waals surface area contributed by atoms with E-state index in [1.165, 1.54) is 4.90 Å². The second-order valence-corrected chi connectivity index (χ2v) is 12.2. The zero-order valence-electron chi connectivity index (χ0n) is 23.0. The highest BCUT2D eigenvalue weighted by Gasteiger charge is 2.85. The molecule has 228 valence electrons. The van der Waals surface area contributed by atoms with Crippen LogP contribution >= 0.6 is 15.9 Å². The second kappa shape index (κ2) is 11.0. The number of carbonyl (C=O) groups excluding carboxylic acids is 3.